The summed E-state index contributed by atoms with van der Waals surface area (Å²) >= 11 is 0. The van der Waals surface area contributed by atoms with E-state index in [1.807, 2.05) is 13.8 Å². The number of aryl methyl sites for hydroxylation is 2. The minimum Gasteiger partial charge on any atom is -0.399 e. The van der Waals surface area contributed by atoms with Gasteiger partial charge < -0.3 is 11.5 Å². The first kappa shape index (κ1) is 17.7. The maximum atomic E-state index is 12.8. The zero-order valence-corrected chi connectivity index (χ0v) is 15.2. The molecule has 0 fully saturated rings. The predicted octanol–water partition coefficient (Wildman–Crippen LogP) is 2.73. The summed E-state index contributed by atoms with van der Waals surface area (Å²) in [5, 5.41) is 0. The van der Waals surface area contributed by atoms with Gasteiger partial charge in [0.15, 0.2) is 0 Å². The Bertz CT molecular complexity index is 1060. The molecule has 0 aliphatic heterocycles. The Kier molecular flexibility index (Phi) is 4.52. The topological polar surface area (TPSA) is 124 Å². The second-order valence-corrected chi connectivity index (χ2v) is 7.67. The predicted molar refractivity (Wildman–Crippen MR) is 103 cm³/mol. The Morgan fingerprint density at radius 1 is 0.923 bits per heavy atom. The lowest BCUT2D eigenvalue weighted by Crippen LogP contribution is -2.13. The van der Waals surface area contributed by atoms with Gasteiger partial charge in [0.05, 0.1) is 4.90 Å². The number of benzene rings is 2. The summed E-state index contributed by atoms with van der Waals surface area (Å²) < 4.78 is 28.1. The molecule has 0 aliphatic carbocycles. The van der Waals surface area contributed by atoms with Crippen molar-refractivity contribution in [2.75, 3.05) is 16.2 Å². The molecule has 5 N–H and O–H groups in total. The summed E-state index contributed by atoms with van der Waals surface area (Å²) in [6.45, 7) is 3.71. The van der Waals surface area contributed by atoms with E-state index in [9.17, 15) is 8.42 Å². The lowest BCUT2D eigenvalue weighted by Gasteiger charge is -2.12. The van der Waals surface area contributed by atoms with E-state index < -0.39 is 10.0 Å². The molecule has 7 nitrogen and oxygen atoms in total. The summed E-state index contributed by atoms with van der Waals surface area (Å²) in [7, 11) is -3.75. The van der Waals surface area contributed by atoms with Crippen molar-refractivity contribution >= 4 is 27.3 Å². The third-order valence-corrected chi connectivity index (χ3v) is 5.40. The monoisotopic (exact) mass is 369 g/mol. The van der Waals surface area contributed by atoms with Crippen LogP contribution in [0.3, 0.4) is 0 Å². The average Bonchev–Trinajstić information content (AvgIpc) is 2.59. The largest absolute Gasteiger partial charge is 0.399 e. The van der Waals surface area contributed by atoms with Crippen LogP contribution in [0, 0.1) is 13.8 Å². The number of aromatic nitrogens is 2. The van der Waals surface area contributed by atoms with E-state index in [2.05, 4.69) is 14.7 Å². The van der Waals surface area contributed by atoms with Gasteiger partial charge >= 0.3 is 0 Å². The summed E-state index contributed by atoms with van der Waals surface area (Å²) in [4.78, 5) is 8.07. The van der Waals surface area contributed by atoms with Crippen LogP contribution in [0.1, 0.15) is 11.1 Å². The van der Waals surface area contributed by atoms with Crippen LogP contribution >= 0.6 is 0 Å². The zero-order chi connectivity index (χ0) is 18.9. The molecule has 0 saturated carbocycles. The van der Waals surface area contributed by atoms with Gasteiger partial charge in [0.1, 0.15) is 0 Å². The SMILES string of the molecule is Cc1cc(NS(=O)(=O)c2ccc(C)c(-c3cnc(N)nc3)c2)ccc1N. The molecule has 0 atom stereocenters. The number of hydrogen-bond acceptors (Lipinski definition) is 6. The second kappa shape index (κ2) is 6.64. The van der Waals surface area contributed by atoms with Crippen LogP contribution in [0.15, 0.2) is 53.7 Å². The first-order valence-corrected chi connectivity index (χ1v) is 9.32. The molecule has 3 rings (SSSR count). The molecule has 8 heteroatoms. The van der Waals surface area contributed by atoms with Crippen LogP contribution in [0.2, 0.25) is 0 Å². The Balaban J connectivity index is 1.98. The van der Waals surface area contributed by atoms with Gasteiger partial charge in [0.2, 0.25) is 5.95 Å². The van der Waals surface area contributed by atoms with Gasteiger partial charge in [-0.3, -0.25) is 4.72 Å². The quantitative estimate of drug-likeness (QED) is 0.607. The standard InChI is InChI=1S/C18H19N5O2S/c1-11-3-5-15(8-16(11)13-9-21-18(20)22-10-13)26(24,25)23-14-4-6-17(19)12(2)7-14/h3-10,23H,19H2,1-2H3,(H2,20,21,22). The van der Waals surface area contributed by atoms with E-state index in [1.54, 1.807) is 48.8 Å². The molecule has 0 saturated heterocycles. The number of rotatable bonds is 4. The molecule has 1 heterocycles. The number of nitrogen functional groups attached to an aromatic ring is 2. The van der Waals surface area contributed by atoms with E-state index in [0.29, 0.717) is 16.9 Å². The lowest BCUT2D eigenvalue weighted by atomic mass is 10.0. The summed E-state index contributed by atoms with van der Waals surface area (Å²) in [6, 6.07) is 9.88. The average molecular weight is 369 g/mol. The van der Waals surface area contributed by atoms with Gasteiger partial charge in [0.25, 0.3) is 10.0 Å². The fourth-order valence-corrected chi connectivity index (χ4v) is 3.58. The Hall–Kier alpha value is -3.13. The number of sulfonamides is 1. The van der Waals surface area contributed by atoms with Crippen molar-refractivity contribution in [3.05, 3.63) is 59.9 Å². The number of nitrogens with one attached hydrogen (secondary N) is 1. The van der Waals surface area contributed by atoms with Crippen LogP contribution in [0.5, 0.6) is 0 Å². The highest BCUT2D eigenvalue weighted by Crippen LogP contribution is 2.27. The van der Waals surface area contributed by atoms with E-state index in [4.69, 9.17) is 11.5 Å². The number of hydrogen-bond donors (Lipinski definition) is 3. The van der Waals surface area contributed by atoms with Crippen LogP contribution in [0.25, 0.3) is 11.1 Å². The summed E-state index contributed by atoms with van der Waals surface area (Å²) in [5.74, 6) is 0.163. The smallest absolute Gasteiger partial charge is 0.261 e. The Morgan fingerprint density at radius 2 is 1.62 bits per heavy atom. The zero-order valence-electron chi connectivity index (χ0n) is 14.4. The normalized spacial score (nSPS) is 11.3. The molecular weight excluding hydrogens is 350 g/mol. The molecule has 0 amide bonds. The molecule has 0 aliphatic rings. The van der Waals surface area contributed by atoms with Crippen molar-refractivity contribution in [1.82, 2.24) is 9.97 Å². The molecule has 26 heavy (non-hydrogen) atoms. The van der Waals surface area contributed by atoms with E-state index in [0.717, 1.165) is 16.7 Å². The molecule has 0 spiro atoms. The van der Waals surface area contributed by atoms with Crippen LogP contribution < -0.4 is 16.2 Å². The molecule has 0 radical (unpaired) electrons. The molecule has 1 aromatic heterocycles. The highest BCUT2D eigenvalue weighted by Gasteiger charge is 2.17. The van der Waals surface area contributed by atoms with Crippen molar-refractivity contribution in [3.8, 4) is 11.1 Å². The fraction of sp³-hybridized carbons (Fsp3) is 0.111. The van der Waals surface area contributed by atoms with E-state index in [-0.39, 0.29) is 10.8 Å². The minimum absolute atomic E-state index is 0.143. The van der Waals surface area contributed by atoms with Gasteiger partial charge in [-0.15, -0.1) is 0 Å². The van der Waals surface area contributed by atoms with Crippen molar-refractivity contribution in [2.45, 2.75) is 18.7 Å². The molecule has 0 unspecified atom stereocenters. The molecule has 134 valence electrons. The van der Waals surface area contributed by atoms with Gasteiger partial charge in [0, 0.05) is 29.3 Å². The number of nitrogens with two attached hydrogens (primary N) is 2. The maximum absolute atomic E-state index is 12.8. The van der Waals surface area contributed by atoms with E-state index in [1.165, 1.54) is 0 Å². The van der Waals surface area contributed by atoms with Crippen molar-refractivity contribution in [3.63, 3.8) is 0 Å². The third-order valence-electron chi connectivity index (χ3n) is 4.02. The molecular formula is C18H19N5O2S. The Morgan fingerprint density at radius 3 is 2.27 bits per heavy atom. The number of nitrogens with zero attached hydrogens (tertiary/aromatic N) is 2. The van der Waals surface area contributed by atoms with Gasteiger partial charge in [-0.05, 0) is 60.9 Å². The Labute approximate surface area is 152 Å². The first-order chi connectivity index (χ1) is 12.3. The van der Waals surface area contributed by atoms with Gasteiger partial charge in [-0.2, -0.15) is 0 Å². The van der Waals surface area contributed by atoms with Gasteiger partial charge in [-0.25, -0.2) is 18.4 Å². The minimum atomic E-state index is -3.75. The van der Waals surface area contributed by atoms with Crippen molar-refractivity contribution in [2.24, 2.45) is 0 Å². The van der Waals surface area contributed by atoms with Crippen LogP contribution in [-0.4, -0.2) is 18.4 Å². The maximum Gasteiger partial charge on any atom is 0.261 e. The lowest BCUT2D eigenvalue weighted by molar-refractivity contribution is 0.601. The fourth-order valence-electron chi connectivity index (χ4n) is 2.51. The highest BCUT2D eigenvalue weighted by atomic mass is 32.2. The molecule has 2 aromatic carbocycles. The summed E-state index contributed by atoms with van der Waals surface area (Å²) in [6.07, 6.45) is 3.13. The van der Waals surface area contributed by atoms with Gasteiger partial charge in [-0.1, -0.05) is 6.07 Å². The third kappa shape index (κ3) is 3.60. The molecule has 0 bridgehead atoms. The molecule has 3 aromatic rings. The van der Waals surface area contributed by atoms with Crippen LogP contribution in [-0.2, 0) is 10.0 Å². The number of anilines is 3. The highest BCUT2D eigenvalue weighted by molar-refractivity contribution is 7.92. The first-order valence-electron chi connectivity index (χ1n) is 7.84. The van der Waals surface area contributed by atoms with Crippen molar-refractivity contribution in [1.29, 1.82) is 0 Å². The summed E-state index contributed by atoms with van der Waals surface area (Å²) in [5.41, 5.74) is 15.5. The van der Waals surface area contributed by atoms with Crippen molar-refractivity contribution < 1.29 is 8.42 Å². The van der Waals surface area contributed by atoms with E-state index >= 15 is 0 Å². The second-order valence-electron chi connectivity index (χ2n) is 5.98. The van der Waals surface area contributed by atoms with Crippen LogP contribution in [0.4, 0.5) is 17.3 Å².